The van der Waals surface area contributed by atoms with Crippen LogP contribution in [-0.4, -0.2) is 34.2 Å². The van der Waals surface area contributed by atoms with Crippen LogP contribution in [0.15, 0.2) is 29.3 Å². The fourth-order valence-corrected chi connectivity index (χ4v) is 4.39. The molecule has 96 valence electrons. The molecule has 1 atom stereocenters. The van der Waals surface area contributed by atoms with Crippen LogP contribution in [0.3, 0.4) is 0 Å². The number of ether oxygens (including phenoxy) is 1. The molecule has 3 rings (SSSR count). The van der Waals surface area contributed by atoms with Crippen molar-refractivity contribution in [1.82, 2.24) is 0 Å². The largest absolute Gasteiger partial charge is 0.375 e. The molecule has 0 saturated carbocycles. The number of rotatable bonds is 2. The predicted octanol–water partition coefficient (Wildman–Crippen LogP) is 1.90. The monoisotopic (exact) mass is 277 g/mol. The highest BCUT2D eigenvalue weighted by Crippen LogP contribution is 2.32. The van der Waals surface area contributed by atoms with Crippen LogP contribution in [0.2, 0.25) is 0 Å². The molecule has 2 aliphatic rings. The average molecular weight is 277 g/mol. The molecule has 1 unspecified atom stereocenters. The van der Waals surface area contributed by atoms with Crippen LogP contribution < -0.4 is 0 Å². The molecule has 0 aliphatic carbocycles. The molecule has 4 heteroatoms. The molecule has 18 heavy (non-hydrogen) atoms. The van der Waals surface area contributed by atoms with Crippen LogP contribution in [0.25, 0.3) is 0 Å². The molecule has 1 saturated heterocycles. The lowest BCUT2D eigenvalue weighted by Gasteiger charge is -2.34. The summed E-state index contributed by atoms with van der Waals surface area (Å²) in [7, 11) is 1.07. The van der Waals surface area contributed by atoms with Crippen LogP contribution in [0.4, 0.5) is 0 Å². The van der Waals surface area contributed by atoms with Gasteiger partial charge in [-0.25, -0.2) is 0 Å². The summed E-state index contributed by atoms with van der Waals surface area (Å²) in [5, 5.41) is 1.26. The van der Waals surface area contributed by atoms with Gasteiger partial charge in [-0.15, -0.1) is 11.8 Å². The van der Waals surface area contributed by atoms with Crippen molar-refractivity contribution < 1.29 is 4.74 Å². The second kappa shape index (κ2) is 5.19. The molecule has 1 aromatic rings. The van der Waals surface area contributed by atoms with Gasteiger partial charge in [-0.3, -0.25) is 4.99 Å². The van der Waals surface area contributed by atoms with Crippen molar-refractivity contribution >= 4 is 27.0 Å². The van der Waals surface area contributed by atoms with E-state index in [-0.39, 0.29) is 5.22 Å². The molecule has 0 aromatic heterocycles. The van der Waals surface area contributed by atoms with Crippen LogP contribution in [0, 0.1) is 0 Å². The molecule has 1 aromatic carbocycles. The van der Waals surface area contributed by atoms with Crippen molar-refractivity contribution in [2.45, 2.75) is 24.5 Å². The number of hydrogen-bond acceptors (Lipinski definition) is 3. The Labute approximate surface area is 116 Å². The maximum atomic E-state index is 6.04. The molecular formula is C14H19NOSSi. The summed E-state index contributed by atoms with van der Waals surface area (Å²) in [5.41, 5.74) is 2.63. The zero-order valence-corrected chi connectivity index (χ0v) is 13.6. The van der Waals surface area contributed by atoms with E-state index in [1.54, 1.807) is 0 Å². The summed E-state index contributed by atoms with van der Waals surface area (Å²) in [6.07, 6.45) is 3.71. The minimum atomic E-state index is 0.0570. The van der Waals surface area contributed by atoms with Gasteiger partial charge >= 0.3 is 0 Å². The minimum absolute atomic E-state index is 0.0570. The van der Waals surface area contributed by atoms with E-state index in [0.29, 0.717) is 0 Å². The predicted molar refractivity (Wildman–Crippen MR) is 81.7 cm³/mol. The molecular weight excluding hydrogens is 258 g/mol. The van der Waals surface area contributed by atoms with E-state index in [1.165, 1.54) is 35.4 Å². The smallest absolute Gasteiger partial charge is 0.0977 e. The zero-order chi connectivity index (χ0) is 12.4. The highest BCUT2D eigenvalue weighted by Gasteiger charge is 2.29. The maximum Gasteiger partial charge on any atom is 0.0977 e. The van der Waals surface area contributed by atoms with Crippen LogP contribution >= 0.6 is 11.8 Å². The number of thioether (sulfide) groups is 1. The van der Waals surface area contributed by atoms with E-state index in [1.807, 2.05) is 11.8 Å². The van der Waals surface area contributed by atoms with Crippen molar-refractivity contribution in [2.75, 3.05) is 18.9 Å². The molecule has 2 aliphatic heterocycles. The Kier molecular flexibility index (Phi) is 3.59. The van der Waals surface area contributed by atoms with Crippen LogP contribution in [0.1, 0.15) is 30.4 Å². The van der Waals surface area contributed by atoms with Gasteiger partial charge in [0.2, 0.25) is 0 Å². The summed E-state index contributed by atoms with van der Waals surface area (Å²) in [4.78, 5) is 4.52. The minimum Gasteiger partial charge on any atom is -0.375 e. The van der Waals surface area contributed by atoms with Crippen molar-refractivity contribution in [3.8, 4) is 0 Å². The lowest BCUT2D eigenvalue weighted by Crippen LogP contribution is -2.33. The van der Waals surface area contributed by atoms with Gasteiger partial charge in [-0.05, 0) is 24.8 Å². The summed E-state index contributed by atoms with van der Waals surface area (Å²) in [6.45, 7) is 1.89. The first-order valence-corrected chi connectivity index (χ1v) is 8.69. The third-order valence-corrected chi connectivity index (χ3v) is 6.19. The number of hydrogen-bond donors (Lipinski definition) is 0. The Morgan fingerprint density at radius 3 is 2.67 bits per heavy atom. The molecule has 0 radical (unpaired) electrons. The van der Waals surface area contributed by atoms with Crippen LogP contribution in [-0.2, 0) is 9.96 Å². The Morgan fingerprint density at radius 1 is 1.22 bits per heavy atom. The van der Waals surface area contributed by atoms with Gasteiger partial charge in [0.15, 0.2) is 0 Å². The van der Waals surface area contributed by atoms with Crippen molar-refractivity contribution in [2.24, 2.45) is 4.99 Å². The van der Waals surface area contributed by atoms with Gasteiger partial charge in [0.25, 0.3) is 0 Å². The zero-order valence-electron chi connectivity index (χ0n) is 10.8. The lowest BCUT2D eigenvalue weighted by molar-refractivity contribution is -0.0210. The molecule has 1 fully saturated rings. The van der Waals surface area contributed by atoms with E-state index in [0.717, 1.165) is 29.1 Å². The van der Waals surface area contributed by atoms with Crippen molar-refractivity contribution in [1.29, 1.82) is 0 Å². The highest BCUT2D eigenvalue weighted by atomic mass is 32.2. The Hall–Kier alpha value is -0.583. The van der Waals surface area contributed by atoms with E-state index >= 15 is 0 Å². The highest BCUT2D eigenvalue weighted by molar-refractivity contribution is 8.14. The first kappa shape index (κ1) is 12.5. The van der Waals surface area contributed by atoms with Crippen LogP contribution in [0.5, 0.6) is 0 Å². The van der Waals surface area contributed by atoms with E-state index in [9.17, 15) is 0 Å². The summed E-state index contributed by atoms with van der Waals surface area (Å²) < 4.78 is 6.04. The SMILES string of the molecule is [SiH3]C1(c2ccc(C3=NCCS3)cc2)CCCCO1. The van der Waals surface area contributed by atoms with Gasteiger partial charge < -0.3 is 4.74 Å². The lowest BCUT2D eigenvalue weighted by atomic mass is 9.99. The maximum absolute atomic E-state index is 6.04. The second-order valence-electron chi connectivity index (χ2n) is 5.15. The summed E-state index contributed by atoms with van der Waals surface area (Å²) in [5.74, 6) is 1.13. The average Bonchev–Trinajstić information content (AvgIpc) is 2.94. The normalized spacial score (nSPS) is 28.3. The quantitative estimate of drug-likeness (QED) is 0.770. The third kappa shape index (κ3) is 2.42. The molecule has 2 nitrogen and oxygen atoms in total. The number of nitrogens with zero attached hydrogens (tertiary/aromatic N) is 1. The summed E-state index contributed by atoms with van der Waals surface area (Å²) >= 11 is 1.86. The molecule has 0 spiro atoms. The molecule has 0 amide bonds. The van der Waals surface area contributed by atoms with Crippen molar-refractivity contribution in [3.05, 3.63) is 35.4 Å². The Bertz CT molecular complexity index is 451. The van der Waals surface area contributed by atoms with Gasteiger partial charge in [-0.1, -0.05) is 24.3 Å². The molecule has 0 N–H and O–H groups in total. The Morgan fingerprint density at radius 2 is 2.06 bits per heavy atom. The van der Waals surface area contributed by atoms with Gasteiger partial charge in [0.1, 0.15) is 0 Å². The van der Waals surface area contributed by atoms with E-state index in [4.69, 9.17) is 4.74 Å². The van der Waals surface area contributed by atoms with E-state index < -0.39 is 0 Å². The fourth-order valence-electron chi connectivity index (χ4n) is 2.64. The number of aliphatic imine (C=N–C) groups is 1. The molecule has 0 bridgehead atoms. The second-order valence-corrected chi connectivity index (χ2v) is 7.85. The summed E-state index contributed by atoms with van der Waals surface area (Å²) in [6, 6.07) is 8.91. The van der Waals surface area contributed by atoms with Gasteiger partial charge in [0.05, 0.1) is 10.3 Å². The standard InChI is InChI=1S/C14H19NOSSi/c18-14(7-1-2-9-16-14)12-5-3-11(4-6-12)13-15-8-10-17-13/h3-6H,1-2,7-10H2,18H3. The first-order valence-electron chi connectivity index (χ1n) is 6.70. The van der Waals surface area contributed by atoms with E-state index in [2.05, 4.69) is 29.3 Å². The topological polar surface area (TPSA) is 21.6 Å². The number of benzene rings is 1. The van der Waals surface area contributed by atoms with Crippen molar-refractivity contribution in [3.63, 3.8) is 0 Å². The third-order valence-electron chi connectivity index (χ3n) is 3.80. The van der Waals surface area contributed by atoms with Gasteiger partial charge in [-0.2, -0.15) is 0 Å². The van der Waals surface area contributed by atoms with Gasteiger partial charge in [0, 0.05) is 34.7 Å². The molecule has 2 heterocycles. The first-order chi connectivity index (χ1) is 8.78. The Balaban J connectivity index is 1.81. The fraction of sp³-hybridized carbons (Fsp3) is 0.500.